The number of amides is 3. The van der Waals surface area contributed by atoms with Gasteiger partial charge in [0, 0.05) is 25.8 Å². The molecular formula is C23H32N8O4. The maximum Gasteiger partial charge on any atom is 0.407 e. The van der Waals surface area contributed by atoms with Gasteiger partial charge in [-0.05, 0) is 59.6 Å². The molecule has 3 aromatic rings. The standard InChI is InChI=1S/C23H32N8O4/c1-6-31-17(11-14(2)29-31)20(33)28-21-27-16-12-15(18(24)32)13-26-19(16)30(21)10-8-7-9-25-22(34)35-23(3,4)5/h11-13H,6-10H2,1-5H3,(H2,24,32)(H,25,34)(H,27,28,33). The molecule has 0 radical (unpaired) electrons. The summed E-state index contributed by atoms with van der Waals surface area (Å²) in [7, 11) is 0. The van der Waals surface area contributed by atoms with Gasteiger partial charge in [0.1, 0.15) is 16.8 Å². The van der Waals surface area contributed by atoms with Crippen molar-refractivity contribution in [3.8, 4) is 0 Å². The van der Waals surface area contributed by atoms with Gasteiger partial charge in [-0.1, -0.05) is 0 Å². The van der Waals surface area contributed by atoms with Gasteiger partial charge in [-0.2, -0.15) is 5.10 Å². The number of nitrogens with two attached hydrogens (primary N) is 1. The molecule has 4 N–H and O–H groups in total. The van der Waals surface area contributed by atoms with Crippen LogP contribution >= 0.6 is 0 Å². The topological polar surface area (TPSA) is 159 Å². The first-order valence-corrected chi connectivity index (χ1v) is 11.5. The summed E-state index contributed by atoms with van der Waals surface area (Å²) in [5.74, 6) is -0.679. The minimum absolute atomic E-state index is 0.223. The number of aromatic nitrogens is 5. The van der Waals surface area contributed by atoms with E-state index < -0.39 is 17.6 Å². The van der Waals surface area contributed by atoms with Crippen molar-refractivity contribution in [3.63, 3.8) is 0 Å². The van der Waals surface area contributed by atoms with Crippen molar-refractivity contribution in [2.45, 2.75) is 66.2 Å². The van der Waals surface area contributed by atoms with Gasteiger partial charge in [0.2, 0.25) is 11.9 Å². The average Bonchev–Trinajstić information content (AvgIpc) is 3.31. The lowest BCUT2D eigenvalue weighted by Gasteiger charge is -2.19. The van der Waals surface area contributed by atoms with Crippen LogP contribution in [-0.2, 0) is 17.8 Å². The highest BCUT2D eigenvalue weighted by Gasteiger charge is 2.20. The summed E-state index contributed by atoms with van der Waals surface area (Å²) < 4.78 is 8.62. The fourth-order valence-corrected chi connectivity index (χ4v) is 3.49. The smallest absolute Gasteiger partial charge is 0.407 e. The number of aryl methyl sites for hydroxylation is 3. The number of hydrogen-bond acceptors (Lipinski definition) is 7. The van der Waals surface area contributed by atoms with E-state index in [0.717, 1.165) is 5.69 Å². The lowest BCUT2D eigenvalue weighted by molar-refractivity contribution is 0.0526. The van der Waals surface area contributed by atoms with Gasteiger partial charge in [-0.25, -0.2) is 14.8 Å². The highest BCUT2D eigenvalue weighted by atomic mass is 16.6. The molecule has 0 fully saturated rings. The fraction of sp³-hybridized carbons (Fsp3) is 0.478. The molecule has 0 aromatic carbocycles. The zero-order valence-electron chi connectivity index (χ0n) is 20.7. The summed E-state index contributed by atoms with van der Waals surface area (Å²) in [6.45, 7) is 10.6. The van der Waals surface area contributed by atoms with Gasteiger partial charge >= 0.3 is 6.09 Å². The Hall–Kier alpha value is -3.96. The number of imidazole rings is 1. The molecule has 12 heteroatoms. The molecule has 12 nitrogen and oxygen atoms in total. The summed E-state index contributed by atoms with van der Waals surface area (Å²) in [5.41, 5.74) is 7.13. The van der Waals surface area contributed by atoms with Crippen LogP contribution in [0.15, 0.2) is 18.3 Å². The van der Waals surface area contributed by atoms with Gasteiger partial charge in [0.15, 0.2) is 5.65 Å². The third-order valence-corrected chi connectivity index (χ3v) is 5.01. The van der Waals surface area contributed by atoms with E-state index in [4.69, 9.17) is 10.5 Å². The van der Waals surface area contributed by atoms with Crippen LogP contribution in [0, 0.1) is 6.92 Å². The molecule has 0 bridgehead atoms. The zero-order valence-corrected chi connectivity index (χ0v) is 20.7. The second-order valence-electron chi connectivity index (χ2n) is 9.09. The predicted molar refractivity (Wildman–Crippen MR) is 130 cm³/mol. The lowest BCUT2D eigenvalue weighted by atomic mass is 10.2. The Labute approximate surface area is 203 Å². The van der Waals surface area contributed by atoms with E-state index in [2.05, 4.69) is 25.7 Å². The number of alkyl carbamates (subject to hydrolysis) is 1. The Balaban J connectivity index is 1.77. The average molecular weight is 485 g/mol. The van der Waals surface area contributed by atoms with E-state index in [1.165, 1.54) is 6.20 Å². The summed E-state index contributed by atoms with van der Waals surface area (Å²) in [6, 6.07) is 3.25. The third kappa shape index (κ3) is 6.55. The molecule has 35 heavy (non-hydrogen) atoms. The summed E-state index contributed by atoms with van der Waals surface area (Å²) in [5, 5.41) is 9.89. The molecule has 0 spiro atoms. The Bertz CT molecular complexity index is 1240. The maximum absolute atomic E-state index is 13.0. The molecule has 0 atom stereocenters. The van der Waals surface area contributed by atoms with Gasteiger partial charge in [0.25, 0.3) is 5.91 Å². The first-order chi connectivity index (χ1) is 16.5. The van der Waals surface area contributed by atoms with Crippen LogP contribution in [0.5, 0.6) is 0 Å². The van der Waals surface area contributed by atoms with Crippen molar-refractivity contribution in [2.75, 3.05) is 11.9 Å². The molecule has 3 rings (SSSR count). The fourth-order valence-electron chi connectivity index (χ4n) is 3.49. The second kappa shape index (κ2) is 10.5. The molecular weight excluding hydrogens is 452 g/mol. The quantitative estimate of drug-likeness (QED) is 0.394. The van der Waals surface area contributed by atoms with E-state index in [9.17, 15) is 14.4 Å². The van der Waals surface area contributed by atoms with Crippen LogP contribution in [0.4, 0.5) is 10.7 Å². The largest absolute Gasteiger partial charge is 0.444 e. The van der Waals surface area contributed by atoms with Gasteiger partial charge in [-0.15, -0.1) is 0 Å². The van der Waals surface area contributed by atoms with Crippen LogP contribution in [0.3, 0.4) is 0 Å². The first-order valence-electron chi connectivity index (χ1n) is 11.5. The number of unbranched alkanes of at least 4 members (excludes halogenated alkanes) is 1. The van der Waals surface area contributed by atoms with Gasteiger partial charge in [-0.3, -0.25) is 24.2 Å². The summed E-state index contributed by atoms with van der Waals surface area (Å²) >= 11 is 0. The Morgan fingerprint density at radius 3 is 2.57 bits per heavy atom. The van der Waals surface area contributed by atoms with Crippen LogP contribution in [0.1, 0.15) is 67.1 Å². The van der Waals surface area contributed by atoms with E-state index in [1.807, 2.05) is 13.8 Å². The highest BCUT2D eigenvalue weighted by molar-refractivity contribution is 6.03. The zero-order chi connectivity index (χ0) is 25.8. The number of carbonyl (C=O) groups is 3. The minimum Gasteiger partial charge on any atom is -0.444 e. The molecule has 0 saturated heterocycles. The normalized spacial score (nSPS) is 11.5. The highest BCUT2D eigenvalue weighted by Crippen LogP contribution is 2.21. The number of pyridine rings is 1. The minimum atomic E-state index is -0.616. The van der Waals surface area contributed by atoms with Gasteiger partial charge < -0.3 is 15.8 Å². The third-order valence-electron chi connectivity index (χ3n) is 5.01. The maximum atomic E-state index is 13.0. The summed E-state index contributed by atoms with van der Waals surface area (Å²) in [4.78, 5) is 45.2. The van der Waals surface area contributed by atoms with Crippen molar-refractivity contribution in [1.29, 1.82) is 0 Å². The van der Waals surface area contributed by atoms with Crippen molar-refractivity contribution < 1.29 is 19.1 Å². The van der Waals surface area contributed by atoms with Crippen LogP contribution in [0.25, 0.3) is 11.2 Å². The molecule has 0 saturated carbocycles. The first kappa shape index (κ1) is 25.7. The SMILES string of the molecule is CCn1nc(C)cc1C(=O)Nc1nc2cc(C(N)=O)cnc2n1CCCCNC(=O)OC(C)(C)C. The Kier molecular flexibility index (Phi) is 7.72. The predicted octanol–water partition coefficient (Wildman–Crippen LogP) is 2.61. The number of nitrogens with one attached hydrogen (secondary N) is 2. The van der Waals surface area contributed by atoms with Crippen molar-refractivity contribution in [1.82, 2.24) is 29.6 Å². The molecule has 0 aliphatic heterocycles. The van der Waals surface area contributed by atoms with E-state index >= 15 is 0 Å². The number of ether oxygens (including phenoxy) is 1. The molecule has 3 heterocycles. The van der Waals surface area contributed by atoms with Crippen LogP contribution in [0.2, 0.25) is 0 Å². The van der Waals surface area contributed by atoms with Crippen molar-refractivity contribution in [3.05, 3.63) is 35.3 Å². The molecule has 0 unspecified atom stereocenters. The number of carbonyl (C=O) groups excluding carboxylic acids is 3. The Morgan fingerprint density at radius 1 is 1.17 bits per heavy atom. The number of primary amides is 1. The van der Waals surface area contributed by atoms with Gasteiger partial charge in [0.05, 0.1) is 11.3 Å². The molecule has 0 aliphatic rings. The lowest BCUT2D eigenvalue weighted by Crippen LogP contribution is -2.33. The number of rotatable bonds is 9. The molecule has 3 aromatic heterocycles. The van der Waals surface area contributed by atoms with Crippen LogP contribution < -0.4 is 16.4 Å². The molecule has 0 aliphatic carbocycles. The number of hydrogen-bond donors (Lipinski definition) is 3. The van der Waals surface area contributed by atoms with E-state index in [0.29, 0.717) is 55.3 Å². The monoisotopic (exact) mass is 484 g/mol. The van der Waals surface area contributed by atoms with E-state index in [-0.39, 0.29) is 11.5 Å². The molecule has 188 valence electrons. The Morgan fingerprint density at radius 2 is 1.91 bits per heavy atom. The second-order valence-corrected chi connectivity index (χ2v) is 9.09. The number of anilines is 1. The van der Waals surface area contributed by atoms with Crippen molar-refractivity contribution in [2.24, 2.45) is 5.73 Å². The number of fused-ring (bicyclic) bond motifs is 1. The van der Waals surface area contributed by atoms with Crippen molar-refractivity contribution >= 4 is 35.0 Å². The summed E-state index contributed by atoms with van der Waals surface area (Å²) in [6.07, 6.45) is 2.23. The number of nitrogens with zero attached hydrogens (tertiary/aromatic N) is 5. The van der Waals surface area contributed by atoms with E-state index in [1.54, 1.807) is 42.2 Å². The molecule has 3 amide bonds. The van der Waals surface area contributed by atoms with Crippen LogP contribution in [-0.4, -0.2) is 54.4 Å².